The molecule has 0 fully saturated rings. The molecule has 0 aliphatic heterocycles. The Hall–Kier alpha value is -1.26. The van der Waals surface area contributed by atoms with Crippen molar-refractivity contribution in [3.8, 4) is 0 Å². The second-order valence-electron chi connectivity index (χ2n) is 3.99. The summed E-state index contributed by atoms with van der Waals surface area (Å²) in [5, 5.41) is 0. The number of allylic oxidation sites excluding steroid dienone is 1. The Balaban J connectivity index is 2.63. The lowest BCUT2D eigenvalue weighted by Crippen LogP contribution is -2.37. The van der Waals surface area contributed by atoms with Gasteiger partial charge in [0.2, 0.25) is 0 Å². The summed E-state index contributed by atoms with van der Waals surface area (Å²) < 4.78 is 26.8. The van der Waals surface area contributed by atoms with Gasteiger partial charge in [-0.1, -0.05) is 12.1 Å². The molecule has 4 heteroatoms. The van der Waals surface area contributed by atoms with Crippen molar-refractivity contribution >= 4 is 0 Å². The van der Waals surface area contributed by atoms with Crippen LogP contribution < -0.4 is 11.3 Å². The first-order chi connectivity index (χ1) is 8.19. The standard InChI is InChI=1S/C13H18F2N2/c1-2-3-4-6-10(17-16)9-11-12(14)7-5-8-13(11)15/h2,5,7-8,10,17H,1,3-4,6,9,16H2. The van der Waals surface area contributed by atoms with Crippen LogP contribution in [0.2, 0.25) is 0 Å². The van der Waals surface area contributed by atoms with Crippen molar-refractivity contribution in [1.29, 1.82) is 0 Å². The Kier molecular flexibility index (Phi) is 5.80. The average Bonchev–Trinajstić information content (AvgIpc) is 2.32. The van der Waals surface area contributed by atoms with Crippen LogP contribution in [0.3, 0.4) is 0 Å². The second-order valence-corrected chi connectivity index (χ2v) is 3.99. The van der Waals surface area contributed by atoms with E-state index in [9.17, 15) is 8.78 Å². The monoisotopic (exact) mass is 240 g/mol. The fourth-order valence-corrected chi connectivity index (χ4v) is 1.73. The molecule has 0 saturated carbocycles. The molecule has 1 aromatic rings. The minimum atomic E-state index is -0.519. The number of halogens is 2. The SMILES string of the molecule is C=CCCCC(Cc1c(F)cccc1F)NN. The summed E-state index contributed by atoms with van der Waals surface area (Å²) in [7, 11) is 0. The number of unbranched alkanes of at least 4 members (excludes halogenated alkanes) is 1. The van der Waals surface area contributed by atoms with Crippen molar-refractivity contribution in [1.82, 2.24) is 5.43 Å². The third-order valence-corrected chi connectivity index (χ3v) is 2.71. The molecule has 1 atom stereocenters. The Morgan fingerprint density at radius 3 is 2.53 bits per heavy atom. The predicted molar refractivity (Wildman–Crippen MR) is 65.2 cm³/mol. The number of hydrazine groups is 1. The quantitative estimate of drug-likeness (QED) is 0.333. The molecule has 0 aliphatic rings. The molecule has 1 rings (SSSR count). The van der Waals surface area contributed by atoms with Crippen molar-refractivity contribution in [2.75, 3.05) is 0 Å². The van der Waals surface area contributed by atoms with Gasteiger partial charge in [0, 0.05) is 11.6 Å². The third kappa shape index (κ3) is 4.24. The molecule has 94 valence electrons. The fourth-order valence-electron chi connectivity index (χ4n) is 1.73. The molecule has 1 unspecified atom stereocenters. The van der Waals surface area contributed by atoms with Crippen LogP contribution in [0, 0.1) is 11.6 Å². The molecule has 17 heavy (non-hydrogen) atoms. The van der Waals surface area contributed by atoms with Gasteiger partial charge < -0.3 is 0 Å². The summed E-state index contributed by atoms with van der Waals surface area (Å²) >= 11 is 0. The molecule has 0 bridgehead atoms. The summed E-state index contributed by atoms with van der Waals surface area (Å²) in [5.41, 5.74) is 2.69. The van der Waals surface area contributed by atoms with Crippen LogP contribution >= 0.6 is 0 Å². The molecule has 0 spiro atoms. The van der Waals surface area contributed by atoms with Crippen LogP contribution in [0.5, 0.6) is 0 Å². The molecule has 1 aromatic carbocycles. The van der Waals surface area contributed by atoms with Crippen molar-refractivity contribution in [2.45, 2.75) is 31.7 Å². The molecule has 0 aromatic heterocycles. The highest BCUT2D eigenvalue weighted by molar-refractivity contribution is 5.20. The first-order valence-electron chi connectivity index (χ1n) is 5.69. The summed E-state index contributed by atoms with van der Waals surface area (Å²) in [4.78, 5) is 0. The van der Waals surface area contributed by atoms with Crippen LogP contribution in [-0.4, -0.2) is 6.04 Å². The number of rotatable bonds is 7. The molecule has 3 N–H and O–H groups in total. The Morgan fingerprint density at radius 1 is 1.35 bits per heavy atom. The molecule has 0 aliphatic carbocycles. The number of nitrogens with one attached hydrogen (secondary N) is 1. The summed E-state index contributed by atoms with van der Waals surface area (Å²) in [6, 6.07) is 3.75. The smallest absolute Gasteiger partial charge is 0.129 e. The molecule has 2 nitrogen and oxygen atoms in total. The number of hydrogen-bond donors (Lipinski definition) is 2. The fraction of sp³-hybridized carbons (Fsp3) is 0.385. The van der Waals surface area contributed by atoms with E-state index in [0.717, 1.165) is 19.3 Å². The number of benzene rings is 1. The first kappa shape index (κ1) is 13.8. The van der Waals surface area contributed by atoms with Crippen LogP contribution in [0.4, 0.5) is 8.78 Å². The minimum absolute atomic E-state index is 0.0917. The van der Waals surface area contributed by atoms with Gasteiger partial charge in [0.15, 0.2) is 0 Å². The zero-order valence-corrected chi connectivity index (χ0v) is 9.76. The summed E-state index contributed by atoms with van der Waals surface area (Å²) in [6.07, 6.45) is 4.60. The largest absolute Gasteiger partial charge is 0.271 e. The zero-order valence-electron chi connectivity index (χ0n) is 9.76. The van der Waals surface area contributed by atoms with E-state index in [1.165, 1.54) is 18.2 Å². The lowest BCUT2D eigenvalue weighted by molar-refractivity contribution is 0.455. The molecule has 0 heterocycles. The van der Waals surface area contributed by atoms with Crippen LogP contribution in [0.1, 0.15) is 24.8 Å². The lowest BCUT2D eigenvalue weighted by atomic mass is 10.0. The Bertz CT molecular complexity index is 346. The maximum atomic E-state index is 13.4. The Labute approximate surface area is 100 Å². The van der Waals surface area contributed by atoms with Gasteiger partial charge >= 0.3 is 0 Å². The highest BCUT2D eigenvalue weighted by Crippen LogP contribution is 2.16. The highest BCUT2D eigenvalue weighted by Gasteiger charge is 2.14. The van der Waals surface area contributed by atoms with Crippen molar-refractivity contribution in [3.05, 3.63) is 48.1 Å². The zero-order chi connectivity index (χ0) is 12.7. The highest BCUT2D eigenvalue weighted by atomic mass is 19.1. The van der Waals surface area contributed by atoms with Crippen molar-refractivity contribution < 1.29 is 8.78 Å². The lowest BCUT2D eigenvalue weighted by Gasteiger charge is -2.16. The summed E-state index contributed by atoms with van der Waals surface area (Å²) in [5.74, 6) is 4.34. The molecule has 0 amide bonds. The molecule has 0 saturated heterocycles. The maximum Gasteiger partial charge on any atom is 0.129 e. The molecular weight excluding hydrogens is 222 g/mol. The van der Waals surface area contributed by atoms with Gasteiger partial charge in [-0.15, -0.1) is 6.58 Å². The second kappa shape index (κ2) is 7.14. The maximum absolute atomic E-state index is 13.4. The van der Waals surface area contributed by atoms with Crippen LogP contribution in [-0.2, 0) is 6.42 Å². The topological polar surface area (TPSA) is 38.0 Å². The van der Waals surface area contributed by atoms with Gasteiger partial charge in [0.25, 0.3) is 0 Å². The van der Waals surface area contributed by atoms with Crippen molar-refractivity contribution in [2.24, 2.45) is 5.84 Å². The number of nitrogens with two attached hydrogens (primary N) is 1. The predicted octanol–water partition coefficient (Wildman–Crippen LogP) is 2.70. The molecule has 0 radical (unpaired) electrons. The van der Waals surface area contributed by atoms with Crippen molar-refractivity contribution in [3.63, 3.8) is 0 Å². The van der Waals surface area contributed by atoms with Gasteiger partial charge in [0.05, 0.1) is 0 Å². The number of hydrogen-bond acceptors (Lipinski definition) is 2. The van der Waals surface area contributed by atoms with E-state index in [4.69, 9.17) is 5.84 Å². The van der Waals surface area contributed by atoms with E-state index in [2.05, 4.69) is 12.0 Å². The van der Waals surface area contributed by atoms with Gasteiger partial charge in [0.1, 0.15) is 11.6 Å². The van der Waals surface area contributed by atoms with E-state index in [0.29, 0.717) is 0 Å². The van der Waals surface area contributed by atoms with Crippen LogP contribution in [0.25, 0.3) is 0 Å². The van der Waals surface area contributed by atoms with E-state index >= 15 is 0 Å². The first-order valence-corrected chi connectivity index (χ1v) is 5.69. The normalized spacial score (nSPS) is 12.4. The molecular formula is C13H18F2N2. The van der Waals surface area contributed by atoms with Crippen LogP contribution in [0.15, 0.2) is 30.9 Å². The van der Waals surface area contributed by atoms with Gasteiger partial charge in [-0.2, -0.15) is 0 Å². The third-order valence-electron chi connectivity index (χ3n) is 2.71. The van der Waals surface area contributed by atoms with E-state index in [1.54, 1.807) is 0 Å². The van der Waals surface area contributed by atoms with E-state index in [1.807, 2.05) is 6.08 Å². The average molecular weight is 240 g/mol. The summed E-state index contributed by atoms with van der Waals surface area (Å²) in [6.45, 7) is 3.62. The minimum Gasteiger partial charge on any atom is -0.271 e. The Morgan fingerprint density at radius 2 is 2.00 bits per heavy atom. The van der Waals surface area contributed by atoms with E-state index < -0.39 is 11.6 Å². The van der Waals surface area contributed by atoms with Gasteiger partial charge in [-0.3, -0.25) is 11.3 Å². The van der Waals surface area contributed by atoms with Gasteiger partial charge in [-0.05, 0) is 37.8 Å². The van der Waals surface area contributed by atoms with Gasteiger partial charge in [-0.25, -0.2) is 8.78 Å². The van der Waals surface area contributed by atoms with E-state index in [-0.39, 0.29) is 18.0 Å².